The van der Waals surface area contributed by atoms with Gasteiger partial charge in [-0.3, -0.25) is 9.59 Å². The SMILES string of the molecule is Cc1c(-c2ccccc2)oc2c(C(=O)NC3CCOCC3)cccc2c1=O. The van der Waals surface area contributed by atoms with Crippen LogP contribution in [-0.2, 0) is 4.74 Å². The molecule has 0 aliphatic carbocycles. The second-order valence-electron chi connectivity index (χ2n) is 6.79. The third-order valence-corrected chi connectivity index (χ3v) is 4.98. The van der Waals surface area contributed by atoms with Gasteiger partial charge in [-0.05, 0) is 31.9 Å². The molecule has 0 bridgehead atoms. The standard InChI is InChI=1S/C22H21NO4/c1-14-19(24)17-8-5-9-18(22(25)23-16-10-12-26-13-11-16)21(17)27-20(14)15-6-3-2-4-7-15/h2-9,16H,10-13H2,1H3,(H,23,25). The zero-order valence-electron chi connectivity index (χ0n) is 15.2. The van der Waals surface area contributed by atoms with Gasteiger partial charge in [0.25, 0.3) is 5.91 Å². The molecule has 0 atom stereocenters. The molecule has 3 aromatic rings. The van der Waals surface area contributed by atoms with E-state index in [0.717, 1.165) is 18.4 Å². The molecule has 5 nitrogen and oxygen atoms in total. The summed E-state index contributed by atoms with van der Waals surface area (Å²) in [6.45, 7) is 3.04. The third-order valence-electron chi connectivity index (χ3n) is 4.98. The lowest BCUT2D eigenvalue weighted by Gasteiger charge is -2.23. The Bertz CT molecular complexity index is 1030. The van der Waals surface area contributed by atoms with Crippen molar-refractivity contribution >= 4 is 16.9 Å². The van der Waals surface area contributed by atoms with Crippen molar-refractivity contribution in [2.24, 2.45) is 0 Å². The third kappa shape index (κ3) is 3.38. The van der Waals surface area contributed by atoms with Crippen LogP contribution in [0.3, 0.4) is 0 Å². The second kappa shape index (κ2) is 7.37. The van der Waals surface area contributed by atoms with Gasteiger partial charge in [-0.25, -0.2) is 0 Å². The van der Waals surface area contributed by atoms with Crippen molar-refractivity contribution in [3.8, 4) is 11.3 Å². The predicted molar refractivity (Wildman–Crippen MR) is 104 cm³/mol. The summed E-state index contributed by atoms with van der Waals surface area (Å²) in [4.78, 5) is 25.7. The van der Waals surface area contributed by atoms with E-state index >= 15 is 0 Å². The fraction of sp³-hybridized carbons (Fsp3) is 0.273. The molecule has 4 rings (SSSR count). The fourth-order valence-corrected chi connectivity index (χ4v) is 3.46. The van der Waals surface area contributed by atoms with Crippen molar-refractivity contribution in [3.05, 3.63) is 69.9 Å². The molecular weight excluding hydrogens is 342 g/mol. The van der Waals surface area contributed by atoms with Crippen molar-refractivity contribution in [1.29, 1.82) is 0 Å². The molecule has 1 fully saturated rings. The molecule has 27 heavy (non-hydrogen) atoms. The number of hydrogen-bond donors (Lipinski definition) is 1. The molecule has 138 valence electrons. The van der Waals surface area contributed by atoms with Crippen molar-refractivity contribution < 1.29 is 13.9 Å². The molecule has 1 aliphatic rings. The molecule has 5 heteroatoms. The van der Waals surface area contributed by atoms with Crippen molar-refractivity contribution in [2.45, 2.75) is 25.8 Å². The minimum absolute atomic E-state index is 0.0762. The van der Waals surface area contributed by atoms with Crippen LogP contribution in [0.1, 0.15) is 28.8 Å². The summed E-state index contributed by atoms with van der Waals surface area (Å²) in [5, 5.41) is 3.46. The Kier molecular flexibility index (Phi) is 4.77. The van der Waals surface area contributed by atoms with Gasteiger partial charge >= 0.3 is 0 Å². The minimum Gasteiger partial charge on any atom is -0.455 e. The van der Waals surface area contributed by atoms with E-state index < -0.39 is 0 Å². The highest BCUT2D eigenvalue weighted by atomic mass is 16.5. The van der Waals surface area contributed by atoms with Crippen LogP contribution in [0.2, 0.25) is 0 Å². The molecule has 2 heterocycles. The Labute approximate surface area is 157 Å². The summed E-state index contributed by atoms with van der Waals surface area (Å²) in [6.07, 6.45) is 1.57. The highest BCUT2D eigenvalue weighted by Gasteiger charge is 2.21. The van der Waals surface area contributed by atoms with Gasteiger partial charge in [0.15, 0.2) is 11.0 Å². The van der Waals surface area contributed by atoms with Crippen LogP contribution >= 0.6 is 0 Å². The zero-order chi connectivity index (χ0) is 18.8. The van der Waals surface area contributed by atoms with E-state index in [1.807, 2.05) is 30.3 Å². The topological polar surface area (TPSA) is 68.5 Å². The number of nitrogens with one attached hydrogen (secondary N) is 1. The molecule has 2 aromatic carbocycles. The van der Waals surface area contributed by atoms with E-state index in [4.69, 9.17) is 9.15 Å². The summed E-state index contributed by atoms with van der Waals surface area (Å²) in [6, 6.07) is 14.7. The van der Waals surface area contributed by atoms with Gasteiger partial charge in [0.2, 0.25) is 0 Å². The van der Waals surface area contributed by atoms with Crippen LogP contribution in [0.15, 0.2) is 57.7 Å². The summed E-state index contributed by atoms with van der Waals surface area (Å²) < 4.78 is 11.5. The summed E-state index contributed by atoms with van der Waals surface area (Å²) in [5.74, 6) is 0.276. The number of benzene rings is 2. The molecule has 1 saturated heterocycles. The quantitative estimate of drug-likeness (QED) is 0.771. The first-order valence-electron chi connectivity index (χ1n) is 9.15. The fourth-order valence-electron chi connectivity index (χ4n) is 3.46. The Balaban J connectivity index is 1.81. The Hall–Kier alpha value is -2.92. The highest BCUT2D eigenvalue weighted by molar-refractivity contribution is 6.05. The maximum absolute atomic E-state index is 12.9. The van der Waals surface area contributed by atoms with Crippen LogP contribution in [0.4, 0.5) is 0 Å². The number of hydrogen-bond acceptors (Lipinski definition) is 4. The predicted octanol–water partition coefficient (Wildman–Crippen LogP) is 3.68. The molecule has 0 spiro atoms. The van der Waals surface area contributed by atoms with E-state index in [0.29, 0.717) is 41.1 Å². The van der Waals surface area contributed by atoms with Crippen molar-refractivity contribution in [1.82, 2.24) is 5.32 Å². The van der Waals surface area contributed by atoms with Gasteiger partial charge in [0, 0.05) is 30.4 Å². The monoisotopic (exact) mass is 363 g/mol. The Morgan fingerprint density at radius 2 is 1.78 bits per heavy atom. The molecule has 0 radical (unpaired) electrons. The molecule has 0 unspecified atom stereocenters. The number of fused-ring (bicyclic) bond motifs is 1. The van der Waals surface area contributed by atoms with E-state index in [2.05, 4.69) is 5.32 Å². The van der Waals surface area contributed by atoms with Gasteiger partial charge in [-0.1, -0.05) is 36.4 Å². The number of ether oxygens (including phenoxy) is 1. The second-order valence-corrected chi connectivity index (χ2v) is 6.79. The Morgan fingerprint density at radius 1 is 1.04 bits per heavy atom. The van der Waals surface area contributed by atoms with Crippen LogP contribution in [-0.4, -0.2) is 25.2 Å². The van der Waals surface area contributed by atoms with E-state index in [1.165, 1.54) is 0 Å². The number of rotatable bonds is 3. The lowest BCUT2D eigenvalue weighted by molar-refractivity contribution is 0.0697. The number of para-hydroxylation sites is 1. The molecule has 0 saturated carbocycles. The van der Waals surface area contributed by atoms with Gasteiger partial charge in [-0.15, -0.1) is 0 Å². The Morgan fingerprint density at radius 3 is 2.52 bits per heavy atom. The van der Waals surface area contributed by atoms with E-state index in [1.54, 1.807) is 25.1 Å². The first-order valence-corrected chi connectivity index (χ1v) is 9.15. The summed E-state index contributed by atoms with van der Waals surface area (Å²) in [5.41, 5.74) is 1.95. The van der Waals surface area contributed by atoms with Gasteiger partial charge < -0.3 is 14.5 Å². The lowest BCUT2D eigenvalue weighted by atomic mass is 10.0. The average molecular weight is 363 g/mol. The van der Waals surface area contributed by atoms with Crippen LogP contribution in [0.25, 0.3) is 22.3 Å². The first-order chi connectivity index (χ1) is 13.1. The minimum atomic E-state index is -0.224. The first kappa shape index (κ1) is 17.5. The summed E-state index contributed by atoms with van der Waals surface area (Å²) in [7, 11) is 0. The normalized spacial score (nSPS) is 15.0. The highest BCUT2D eigenvalue weighted by Crippen LogP contribution is 2.27. The summed E-state index contributed by atoms with van der Waals surface area (Å²) >= 11 is 0. The largest absolute Gasteiger partial charge is 0.455 e. The smallest absolute Gasteiger partial charge is 0.255 e. The average Bonchev–Trinajstić information content (AvgIpc) is 2.71. The lowest BCUT2D eigenvalue weighted by Crippen LogP contribution is -2.39. The van der Waals surface area contributed by atoms with Crippen LogP contribution in [0, 0.1) is 6.92 Å². The molecule has 1 aliphatic heterocycles. The van der Waals surface area contributed by atoms with Crippen LogP contribution < -0.4 is 10.7 Å². The van der Waals surface area contributed by atoms with Gasteiger partial charge in [-0.2, -0.15) is 0 Å². The zero-order valence-corrected chi connectivity index (χ0v) is 15.2. The number of carbonyl (C=O) groups excluding carboxylic acids is 1. The number of amides is 1. The van der Waals surface area contributed by atoms with Gasteiger partial charge in [0.05, 0.1) is 10.9 Å². The van der Waals surface area contributed by atoms with Gasteiger partial charge in [0.1, 0.15) is 5.76 Å². The van der Waals surface area contributed by atoms with Crippen molar-refractivity contribution in [2.75, 3.05) is 13.2 Å². The van der Waals surface area contributed by atoms with E-state index in [-0.39, 0.29) is 17.4 Å². The maximum Gasteiger partial charge on any atom is 0.255 e. The molecule has 1 amide bonds. The molecular formula is C22H21NO4. The molecule has 1 aromatic heterocycles. The number of carbonyl (C=O) groups is 1. The van der Waals surface area contributed by atoms with Crippen LogP contribution in [0.5, 0.6) is 0 Å². The maximum atomic E-state index is 12.9. The molecule has 1 N–H and O–H groups in total. The van der Waals surface area contributed by atoms with E-state index in [9.17, 15) is 9.59 Å². The van der Waals surface area contributed by atoms with Crippen molar-refractivity contribution in [3.63, 3.8) is 0 Å².